The molecule has 19 heavy (non-hydrogen) atoms. The summed E-state index contributed by atoms with van der Waals surface area (Å²) in [6.07, 6.45) is 5.88. The Hall–Kier alpha value is -1.18. The molecule has 1 heterocycles. The van der Waals surface area contributed by atoms with Crippen molar-refractivity contribution in [2.45, 2.75) is 58.5 Å². The minimum absolute atomic E-state index is 0.0104. The highest BCUT2D eigenvalue weighted by molar-refractivity contribution is 5.42. The van der Waals surface area contributed by atoms with Crippen molar-refractivity contribution in [3.63, 3.8) is 0 Å². The first-order chi connectivity index (χ1) is 9.02. The first-order valence-electron chi connectivity index (χ1n) is 7.38. The molecule has 2 nitrogen and oxygen atoms in total. The lowest BCUT2D eigenvalue weighted by Crippen LogP contribution is -2.36. The second-order valence-corrected chi connectivity index (χ2v) is 6.31. The smallest absolute Gasteiger partial charge is 0.123 e. The molecule has 0 radical (unpaired) electrons. The van der Waals surface area contributed by atoms with Crippen LogP contribution < -0.4 is 9.47 Å². The van der Waals surface area contributed by atoms with E-state index in [4.69, 9.17) is 9.47 Å². The van der Waals surface area contributed by atoms with E-state index in [1.165, 1.54) is 18.4 Å². The first kappa shape index (κ1) is 14.2. The van der Waals surface area contributed by atoms with Gasteiger partial charge in [0.25, 0.3) is 0 Å². The number of benzene rings is 1. The zero-order valence-electron chi connectivity index (χ0n) is 12.7. The van der Waals surface area contributed by atoms with Crippen LogP contribution in [0.4, 0.5) is 0 Å². The molecule has 2 heteroatoms. The molecule has 2 rings (SSSR count). The SMILES string of the molecule is COc1ccc2c(c1)CCC(C)(CCCC(C)C)O2. The normalized spacial score (nSPS) is 21.9. The molecular weight excluding hydrogens is 236 g/mol. The molecule has 0 aromatic heterocycles. The van der Waals surface area contributed by atoms with Crippen molar-refractivity contribution < 1.29 is 9.47 Å². The number of hydrogen-bond acceptors (Lipinski definition) is 2. The Morgan fingerprint density at radius 2 is 2.16 bits per heavy atom. The van der Waals surface area contributed by atoms with Crippen LogP contribution in [0.1, 0.15) is 52.0 Å². The van der Waals surface area contributed by atoms with Gasteiger partial charge in [0.2, 0.25) is 0 Å². The lowest BCUT2D eigenvalue weighted by atomic mass is 9.87. The molecule has 1 aliphatic heterocycles. The maximum Gasteiger partial charge on any atom is 0.123 e. The molecule has 0 saturated carbocycles. The van der Waals surface area contributed by atoms with Crippen molar-refractivity contribution in [2.75, 3.05) is 7.11 Å². The van der Waals surface area contributed by atoms with Crippen molar-refractivity contribution in [1.82, 2.24) is 0 Å². The molecule has 0 bridgehead atoms. The van der Waals surface area contributed by atoms with E-state index in [1.54, 1.807) is 7.11 Å². The fraction of sp³-hybridized carbons (Fsp3) is 0.647. The maximum atomic E-state index is 6.25. The van der Waals surface area contributed by atoms with Gasteiger partial charge in [0.05, 0.1) is 7.11 Å². The van der Waals surface area contributed by atoms with E-state index in [0.29, 0.717) is 0 Å². The maximum absolute atomic E-state index is 6.25. The van der Waals surface area contributed by atoms with Gasteiger partial charge in [-0.05, 0) is 62.3 Å². The summed E-state index contributed by atoms with van der Waals surface area (Å²) in [5, 5.41) is 0. The van der Waals surface area contributed by atoms with E-state index in [-0.39, 0.29) is 5.60 Å². The van der Waals surface area contributed by atoms with Crippen molar-refractivity contribution in [2.24, 2.45) is 5.92 Å². The highest BCUT2D eigenvalue weighted by Gasteiger charge is 2.31. The van der Waals surface area contributed by atoms with E-state index in [2.05, 4.69) is 26.8 Å². The van der Waals surface area contributed by atoms with Crippen LogP contribution in [0.3, 0.4) is 0 Å². The Morgan fingerprint density at radius 1 is 1.37 bits per heavy atom. The summed E-state index contributed by atoms with van der Waals surface area (Å²) in [6, 6.07) is 6.13. The number of ether oxygens (including phenoxy) is 2. The van der Waals surface area contributed by atoms with E-state index in [9.17, 15) is 0 Å². The van der Waals surface area contributed by atoms with Gasteiger partial charge < -0.3 is 9.47 Å². The van der Waals surface area contributed by atoms with E-state index >= 15 is 0 Å². The summed E-state index contributed by atoms with van der Waals surface area (Å²) in [6.45, 7) is 6.82. The van der Waals surface area contributed by atoms with Crippen LogP contribution in [0, 0.1) is 5.92 Å². The third kappa shape index (κ3) is 3.65. The molecular formula is C17H26O2. The Labute approximate surface area is 117 Å². The second-order valence-electron chi connectivity index (χ2n) is 6.31. The van der Waals surface area contributed by atoms with E-state index in [1.807, 2.05) is 12.1 Å². The van der Waals surface area contributed by atoms with Crippen molar-refractivity contribution in [3.8, 4) is 11.5 Å². The van der Waals surface area contributed by atoms with Crippen LogP contribution in [0.5, 0.6) is 11.5 Å². The fourth-order valence-corrected chi connectivity index (χ4v) is 2.75. The largest absolute Gasteiger partial charge is 0.497 e. The van der Waals surface area contributed by atoms with Crippen LogP contribution in [0.2, 0.25) is 0 Å². The van der Waals surface area contributed by atoms with Gasteiger partial charge in [0.15, 0.2) is 0 Å². The molecule has 0 fully saturated rings. The van der Waals surface area contributed by atoms with Gasteiger partial charge >= 0.3 is 0 Å². The average molecular weight is 262 g/mol. The Kier molecular flexibility index (Phi) is 4.38. The highest BCUT2D eigenvalue weighted by atomic mass is 16.5. The summed E-state index contributed by atoms with van der Waals surface area (Å²) in [7, 11) is 1.71. The molecule has 1 unspecified atom stereocenters. The molecule has 0 amide bonds. The molecule has 0 spiro atoms. The van der Waals surface area contributed by atoms with Crippen molar-refractivity contribution >= 4 is 0 Å². The predicted octanol–water partition coefficient (Wildman–Crippen LogP) is 4.61. The van der Waals surface area contributed by atoms with Gasteiger partial charge in [0, 0.05) is 0 Å². The standard InChI is InChI=1S/C17H26O2/c1-13(2)6-5-10-17(3)11-9-14-12-15(18-4)7-8-16(14)19-17/h7-8,12-13H,5-6,9-11H2,1-4H3. The van der Waals surface area contributed by atoms with Gasteiger partial charge in [0.1, 0.15) is 17.1 Å². The lowest BCUT2D eigenvalue weighted by molar-refractivity contribution is 0.0526. The molecule has 1 atom stereocenters. The number of rotatable bonds is 5. The fourth-order valence-electron chi connectivity index (χ4n) is 2.75. The highest BCUT2D eigenvalue weighted by Crippen LogP contribution is 2.37. The molecule has 0 aliphatic carbocycles. The first-order valence-corrected chi connectivity index (χ1v) is 7.38. The van der Waals surface area contributed by atoms with Crippen LogP contribution in [-0.4, -0.2) is 12.7 Å². The van der Waals surface area contributed by atoms with Crippen LogP contribution in [-0.2, 0) is 6.42 Å². The van der Waals surface area contributed by atoms with Crippen LogP contribution in [0.25, 0.3) is 0 Å². The molecule has 1 aromatic carbocycles. The minimum atomic E-state index is 0.0104. The topological polar surface area (TPSA) is 18.5 Å². The molecule has 1 aliphatic rings. The Bertz CT molecular complexity index is 425. The Balaban J connectivity index is 2.00. The summed E-state index contributed by atoms with van der Waals surface area (Å²) < 4.78 is 11.5. The quantitative estimate of drug-likeness (QED) is 0.771. The van der Waals surface area contributed by atoms with Crippen molar-refractivity contribution in [3.05, 3.63) is 23.8 Å². The average Bonchev–Trinajstić information content (AvgIpc) is 2.37. The predicted molar refractivity (Wildman–Crippen MR) is 79.0 cm³/mol. The molecule has 0 saturated heterocycles. The van der Waals surface area contributed by atoms with Gasteiger partial charge in [-0.3, -0.25) is 0 Å². The summed E-state index contributed by atoms with van der Waals surface area (Å²) >= 11 is 0. The second kappa shape index (κ2) is 5.85. The minimum Gasteiger partial charge on any atom is -0.497 e. The summed E-state index contributed by atoms with van der Waals surface area (Å²) in [5.74, 6) is 2.74. The van der Waals surface area contributed by atoms with Gasteiger partial charge in [-0.15, -0.1) is 0 Å². The third-order valence-electron chi connectivity index (χ3n) is 4.03. The number of fused-ring (bicyclic) bond motifs is 1. The Morgan fingerprint density at radius 3 is 2.84 bits per heavy atom. The monoisotopic (exact) mass is 262 g/mol. The number of hydrogen-bond donors (Lipinski definition) is 0. The van der Waals surface area contributed by atoms with Gasteiger partial charge in [-0.25, -0.2) is 0 Å². The van der Waals surface area contributed by atoms with E-state index in [0.717, 1.165) is 36.7 Å². The van der Waals surface area contributed by atoms with Crippen molar-refractivity contribution in [1.29, 1.82) is 0 Å². The van der Waals surface area contributed by atoms with E-state index < -0.39 is 0 Å². The lowest BCUT2D eigenvalue weighted by Gasteiger charge is -2.36. The summed E-state index contributed by atoms with van der Waals surface area (Å²) in [5.41, 5.74) is 1.29. The molecule has 1 aromatic rings. The zero-order valence-corrected chi connectivity index (χ0v) is 12.7. The summed E-state index contributed by atoms with van der Waals surface area (Å²) in [4.78, 5) is 0. The van der Waals surface area contributed by atoms with Gasteiger partial charge in [-0.2, -0.15) is 0 Å². The zero-order chi connectivity index (χ0) is 13.9. The van der Waals surface area contributed by atoms with Crippen LogP contribution in [0.15, 0.2) is 18.2 Å². The molecule has 106 valence electrons. The van der Waals surface area contributed by atoms with Crippen LogP contribution >= 0.6 is 0 Å². The number of aryl methyl sites for hydroxylation is 1. The number of methoxy groups -OCH3 is 1. The van der Waals surface area contributed by atoms with Gasteiger partial charge in [-0.1, -0.05) is 20.3 Å². The molecule has 0 N–H and O–H groups in total. The third-order valence-corrected chi connectivity index (χ3v) is 4.03.